The van der Waals surface area contributed by atoms with Crippen molar-refractivity contribution in [3.63, 3.8) is 0 Å². The first kappa shape index (κ1) is 16.9. The molecule has 1 aromatic rings. The number of aromatic nitrogens is 1. The van der Waals surface area contributed by atoms with Gasteiger partial charge in [-0.25, -0.2) is 9.78 Å². The SMILES string of the molecule is CCN(CC)C(=O)CNc1cc(C(=O)O)cc(C(C)C)n1. The molecule has 0 unspecified atom stereocenters. The first-order valence-electron chi connectivity index (χ1n) is 7.15. The maximum atomic E-state index is 11.9. The summed E-state index contributed by atoms with van der Waals surface area (Å²) in [4.78, 5) is 29.1. The topological polar surface area (TPSA) is 82.5 Å². The van der Waals surface area contributed by atoms with Gasteiger partial charge in [-0.2, -0.15) is 0 Å². The van der Waals surface area contributed by atoms with E-state index in [1.165, 1.54) is 6.07 Å². The Hall–Kier alpha value is -2.11. The number of carbonyl (C=O) groups is 2. The molecule has 0 atom stereocenters. The van der Waals surface area contributed by atoms with Gasteiger partial charge in [0.05, 0.1) is 12.1 Å². The van der Waals surface area contributed by atoms with Crippen LogP contribution < -0.4 is 5.32 Å². The maximum Gasteiger partial charge on any atom is 0.335 e. The summed E-state index contributed by atoms with van der Waals surface area (Å²) in [6.45, 7) is 9.13. The molecular weight excluding hydrogens is 270 g/mol. The lowest BCUT2D eigenvalue weighted by Crippen LogP contribution is -2.35. The zero-order valence-corrected chi connectivity index (χ0v) is 13.0. The van der Waals surface area contributed by atoms with E-state index < -0.39 is 5.97 Å². The Morgan fingerprint density at radius 2 is 1.90 bits per heavy atom. The number of pyridine rings is 1. The zero-order chi connectivity index (χ0) is 16.0. The number of rotatable bonds is 7. The van der Waals surface area contributed by atoms with Gasteiger partial charge in [0, 0.05) is 18.8 Å². The number of carboxylic acids is 1. The number of carboxylic acid groups (broad SMARTS) is 1. The van der Waals surface area contributed by atoms with Gasteiger partial charge >= 0.3 is 5.97 Å². The van der Waals surface area contributed by atoms with Gasteiger partial charge in [0.2, 0.25) is 5.91 Å². The second-order valence-electron chi connectivity index (χ2n) is 5.05. The smallest absolute Gasteiger partial charge is 0.335 e. The van der Waals surface area contributed by atoms with Crippen molar-refractivity contribution < 1.29 is 14.7 Å². The Balaban J connectivity index is 2.87. The molecule has 1 amide bonds. The van der Waals surface area contributed by atoms with E-state index in [4.69, 9.17) is 5.11 Å². The number of amides is 1. The number of likely N-dealkylation sites (N-methyl/N-ethyl adjacent to an activating group) is 1. The van der Waals surface area contributed by atoms with Crippen LogP contribution in [-0.4, -0.2) is 46.5 Å². The highest BCUT2D eigenvalue weighted by Crippen LogP contribution is 2.17. The number of hydrogen-bond donors (Lipinski definition) is 2. The van der Waals surface area contributed by atoms with Gasteiger partial charge < -0.3 is 15.3 Å². The minimum absolute atomic E-state index is 0.0337. The molecule has 0 fully saturated rings. The second kappa shape index (κ2) is 7.61. The van der Waals surface area contributed by atoms with Crippen molar-refractivity contribution in [3.8, 4) is 0 Å². The highest BCUT2D eigenvalue weighted by molar-refractivity contribution is 5.89. The summed E-state index contributed by atoms with van der Waals surface area (Å²) in [5.41, 5.74) is 0.860. The van der Waals surface area contributed by atoms with Gasteiger partial charge in [-0.15, -0.1) is 0 Å². The van der Waals surface area contributed by atoms with Crippen LogP contribution in [0.25, 0.3) is 0 Å². The monoisotopic (exact) mass is 293 g/mol. The van der Waals surface area contributed by atoms with Gasteiger partial charge in [-0.1, -0.05) is 13.8 Å². The molecule has 0 saturated carbocycles. The van der Waals surface area contributed by atoms with E-state index in [-0.39, 0.29) is 23.9 Å². The highest BCUT2D eigenvalue weighted by atomic mass is 16.4. The Kier molecular flexibility index (Phi) is 6.14. The first-order chi connectivity index (χ1) is 9.88. The summed E-state index contributed by atoms with van der Waals surface area (Å²) < 4.78 is 0. The van der Waals surface area contributed by atoms with Crippen LogP contribution in [0, 0.1) is 0 Å². The fourth-order valence-corrected chi connectivity index (χ4v) is 1.92. The number of carbonyl (C=O) groups excluding carboxylic acids is 1. The van der Waals surface area contributed by atoms with Gasteiger partial charge in [0.1, 0.15) is 5.82 Å². The van der Waals surface area contributed by atoms with E-state index in [2.05, 4.69) is 10.3 Å². The molecule has 0 aliphatic heterocycles. The summed E-state index contributed by atoms with van der Waals surface area (Å²) in [7, 11) is 0. The molecule has 1 heterocycles. The van der Waals surface area contributed by atoms with Gasteiger partial charge in [0.25, 0.3) is 0 Å². The summed E-state index contributed by atoms with van der Waals surface area (Å²) in [5, 5.41) is 12.0. The molecule has 0 aliphatic rings. The first-order valence-corrected chi connectivity index (χ1v) is 7.15. The minimum Gasteiger partial charge on any atom is -0.478 e. The molecule has 0 saturated heterocycles. The number of hydrogen-bond acceptors (Lipinski definition) is 4. The van der Waals surface area contributed by atoms with Crippen LogP contribution in [0.4, 0.5) is 5.82 Å². The number of nitrogens with one attached hydrogen (secondary N) is 1. The standard InChI is InChI=1S/C15H23N3O3/c1-5-18(6-2)14(19)9-16-13-8-11(15(20)21)7-12(17-13)10(3)4/h7-8,10H,5-6,9H2,1-4H3,(H,16,17)(H,20,21). The minimum atomic E-state index is -1.00. The molecule has 2 N–H and O–H groups in total. The zero-order valence-electron chi connectivity index (χ0n) is 13.0. The summed E-state index contributed by atoms with van der Waals surface area (Å²) in [5.74, 6) is -0.506. The summed E-state index contributed by atoms with van der Waals surface area (Å²) >= 11 is 0. The number of nitrogens with zero attached hydrogens (tertiary/aromatic N) is 2. The fourth-order valence-electron chi connectivity index (χ4n) is 1.92. The van der Waals surface area contributed by atoms with Gasteiger partial charge in [0.15, 0.2) is 0 Å². The van der Waals surface area contributed by atoms with Crippen molar-refractivity contribution in [1.82, 2.24) is 9.88 Å². The molecule has 0 aromatic carbocycles. The van der Waals surface area contributed by atoms with Crippen LogP contribution in [0.3, 0.4) is 0 Å². The van der Waals surface area contributed by atoms with Crippen LogP contribution in [0.1, 0.15) is 49.7 Å². The van der Waals surface area contributed by atoms with Gasteiger partial charge in [-0.3, -0.25) is 4.79 Å². The van der Waals surface area contributed by atoms with Crippen molar-refractivity contribution in [3.05, 3.63) is 23.4 Å². The average molecular weight is 293 g/mol. The van der Waals surface area contributed by atoms with E-state index >= 15 is 0 Å². The molecule has 1 aromatic heterocycles. The molecule has 1 rings (SSSR count). The molecule has 0 bridgehead atoms. The second-order valence-corrected chi connectivity index (χ2v) is 5.05. The molecule has 21 heavy (non-hydrogen) atoms. The Morgan fingerprint density at radius 3 is 2.38 bits per heavy atom. The number of aromatic carboxylic acids is 1. The van der Waals surface area contributed by atoms with E-state index in [0.717, 1.165) is 0 Å². The van der Waals surface area contributed by atoms with Crippen molar-refractivity contribution in [2.75, 3.05) is 25.0 Å². The Bertz CT molecular complexity index is 511. The third-order valence-corrected chi connectivity index (χ3v) is 3.22. The Labute approximate surface area is 125 Å². The van der Waals surface area contributed by atoms with Crippen LogP contribution in [0.5, 0.6) is 0 Å². The van der Waals surface area contributed by atoms with Crippen molar-refractivity contribution in [2.45, 2.75) is 33.6 Å². The average Bonchev–Trinajstić information content (AvgIpc) is 2.45. The fraction of sp³-hybridized carbons (Fsp3) is 0.533. The van der Waals surface area contributed by atoms with Crippen molar-refractivity contribution in [2.24, 2.45) is 0 Å². The lowest BCUT2D eigenvalue weighted by Gasteiger charge is -2.19. The van der Waals surface area contributed by atoms with Crippen LogP contribution in [0.15, 0.2) is 12.1 Å². The van der Waals surface area contributed by atoms with Crippen LogP contribution in [0.2, 0.25) is 0 Å². The predicted octanol–water partition coefficient (Wildman–Crippen LogP) is 2.18. The van der Waals surface area contributed by atoms with E-state index in [1.807, 2.05) is 27.7 Å². The normalized spacial score (nSPS) is 10.5. The molecule has 0 radical (unpaired) electrons. The van der Waals surface area contributed by atoms with E-state index in [0.29, 0.717) is 24.6 Å². The van der Waals surface area contributed by atoms with Crippen molar-refractivity contribution >= 4 is 17.7 Å². The van der Waals surface area contributed by atoms with Crippen LogP contribution in [-0.2, 0) is 4.79 Å². The third-order valence-electron chi connectivity index (χ3n) is 3.22. The van der Waals surface area contributed by atoms with Crippen molar-refractivity contribution in [1.29, 1.82) is 0 Å². The van der Waals surface area contributed by atoms with Crippen LogP contribution >= 0.6 is 0 Å². The van der Waals surface area contributed by atoms with E-state index in [1.54, 1.807) is 11.0 Å². The molecule has 6 heteroatoms. The number of anilines is 1. The molecular formula is C15H23N3O3. The predicted molar refractivity (Wildman–Crippen MR) is 81.7 cm³/mol. The maximum absolute atomic E-state index is 11.9. The van der Waals surface area contributed by atoms with Gasteiger partial charge in [-0.05, 0) is 31.9 Å². The lowest BCUT2D eigenvalue weighted by molar-refractivity contribution is -0.128. The molecule has 0 aliphatic carbocycles. The lowest BCUT2D eigenvalue weighted by atomic mass is 10.1. The molecule has 116 valence electrons. The third kappa shape index (κ3) is 4.73. The molecule has 0 spiro atoms. The summed E-state index contributed by atoms with van der Waals surface area (Å²) in [6, 6.07) is 3.01. The largest absolute Gasteiger partial charge is 0.478 e. The Morgan fingerprint density at radius 1 is 1.29 bits per heavy atom. The summed E-state index contributed by atoms with van der Waals surface area (Å²) in [6.07, 6.45) is 0. The van der Waals surface area contributed by atoms with E-state index in [9.17, 15) is 9.59 Å². The highest BCUT2D eigenvalue weighted by Gasteiger charge is 2.13. The molecule has 6 nitrogen and oxygen atoms in total. The quantitative estimate of drug-likeness (QED) is 0.805.